The van der Waals surface area contributed by atoms with E-state index in [-0.39, 0.29) is 31.6 Å². The number of aryl methyl sites for hydroxylation is 1. The average molecular weight is 735 g/mol. The first-order valence-electron chi connectivity index (χ1n) is 18.4. The summed E-state index contributed by atoms with van der Waals surface area (Å²) < 4.78 is 30.9. The Morgan fingerprint density at radius 3 is 2.65 bits per heavy atom. The first kappa shape index (κ1) is 37.8. The molecule has 0 aliphatic carbocycles. The number of nitrogens with one attached hydrogen (secondary N) is 1. The molecule has 1 aromatic heterocycles. The van der Waals surface area contributed by atoms with Gasteiger partial charge in [0.25, 0.3) is 5.91 Å². The Kier molecular flexibility index (Phi) is 11.3. The molecule has 2 aromatic carbocycles. The van der Waals surface area contributed by atoms with Crippen molar-refractivity contribution >= 4 is 37.3 Å². The van der Waals surface area contributed by atoms with Crippen molar-refractivity contribution in [1.82, 2.24) is 20.3 Å². The van der Waals surface area contributed by atoms with Crippen LogP contribution < -0.4 is 19.9 Å². The summed E-state index contributed by atoms with van der Waals surface area (Å²) in [5, 5.41) is 30.3. The lowest BCUT2D eigenvalue weighted by Crippen LogP contribution is -2.49. The average Bonchev–Trinajstić information content (AvgIpc) is 3.76. The van der Waals surface area contributed by atoms with E-state index in [1.165, 1.54) is 0 Å². The van der Waals surface area contributed by atoms with Crippen molar-refractivity contribution in [2.45, 2.75) is 88.9 Å². The number of carbonyl (C=O) groups excluding carboxylic acids is 2. The number of unbranched alkanes of at least 4 members (excludes halogenated alkanes) is 1. The maximum atomic E-state index is 16.4. The number of aromatic nitrogens is 3. The highest BCUT2D eigenvalue weighted by atomic mass is 28.4. The van der Waals surface area contributed by atoms with Crippen LogP contribution >= 0.6 is 0 Å². The van der Waals surface area contributed by atoms with Crippen molar-refractivity contribution in [3.05, 3.63) is 72.1 Å². The zero-order chi connectivity index (χ0) is 37.2. The number of halogens is 1. The molecule has 3 aliphatic rings. The molecule has 0 bridgehead atoms. The van der Waals surface area contributed by atoms with E-state index >= 15 is 4.11 Å². The summed E-state index contributed by atoms with van der Waals surface area (Å²) in [7, 11) is -3.42. The second-order valence-corrected chi connectivity index (χ2v) is 18.2. The highest BCUT2D eigenvalue weighted by Gasteiger charge is 2.66. The van der Waals surface area contributed by atoms with Crippen LogP contribution in [0.2, 0.25) is 18.6 Å². The molecule has 280 valence electrons. The van der Waals surface area contributed by atoms with E-state index in [2.05, 4.69) is 22.2 Å². The first-order valence-corrected chi connectivity index (χ1v) is 21.3. The van der Waals surface area contributed by atoms with Gasteiger partial charge in [0.2, 0.25) is 14.3 Å². The summed E-state index contributed by atoms with van der Waals surface area (Å²) in [6, 6.07) is 10.8. The fraction of sp³-hybridized carbons (Fsp3) is 0.526. The maximum absolute atomic E-state index is 16.4. The lowest BCUT2D eigenvalue weighted by molar-refractivity contribution is -0.145. The standard InChI is InChI=1S/C38H51FN6O6Si/c1-6-17-44-33-12-10-28(45-32-13-11-29(50-7-2)21-26(32)22-31(36(45)48)40-16-8-9-19-46)23-30(33)38(37(44)49)25(3)35(52(4,5)39)34(51-38)14-18-43-24-27(15-20-47)41-42-43/h6,10-13,21,23-25,31,34-35,40,46-47H,1,7-9,14-20,22H2,2-5H3/t25-,31?,34+,35-,38+/m0/s1. The number of hydrogen-bond acceptors (Lipinski definition) is 9. The molecule has 5 atom stereocenters. The van der Waals surface area contributed by atoms with E-state index in [0.717, 1.165) is 17.7 Å². The molecule has 1 spiro atoms. The summed E-state index contributed by atoms with van der Waals surface area (Å²) in [6.07, 6.45) is 5.47. The summed E-state index contributed by atoms with van der Waals surface area (Å²) in [5.74, 6) is -0.199. The molecule has 0 radical (unpaired) electrons. The van der Waals surface area contributed by atoms with Crippen molar-refractivity contribution in [2.24, 2.45) is 5.92 Å². The van der Waals surface area contributed by atoms with E-state index in [9.17, 15) is 19.8 Å². The van der Waals surface area contributed by atoms with Crippen LogP contribution in [0, 0.1) is 5.92 Å². The molecular formula is C38H51FN6O6Si. The SMILES string of the molecule is C=CCN1C(=O)[C@]2(O[C@H](CCn3cc(CCO)nn3)[C@@H]([Si](C)(C)F)[C@@H]2C)c2cc(N3C(=O)C(NCCCCO)Cc4cc(OCC)ccc43)ccc21. The number of carbonyl (C=O) groups is 2. The van der Waals surface area contributed by atoms with Gasteiger partial charge in [-0.2, -0.15) is 0 Å². The summed E-state index contributed by atoms with van der Waals surface area (Å²) in [5.41, 5.74) is 2.18. The van der Waals surface area contributed by atoms with Crippen molar-refractivity contribution in [3.63, 3.8) is 0 Å². The first-order chi connectivity index (χ1) is 25.0. The Labute approximate surface area is 305 Å². The number of amides is 2. The van der Waals surface area contributed by atoms with Crippen LogP contribution in [0.4, 0.5) is 21.2 Å². The minimum Gasteiger partial charge on any atom is -0.494 e. The Hall–Kier alpha value is -3.95. The Morgan fingerprint density at radius 1 is 1.15 bits per heavy atom. The van der Waals surface area contributed by atoms with Gasteiger partial charge < -0.3 is 34.0 Å². The molecule has 52 heavy (non-hydrogen) atoms. The summed E-state index contributed by atoms with van der Waals surface area (Å²) >= 11 is 0. The zero-order valence-electron chi connectivity index (χ0n) is 30.6. The molecule has 1 saturated heterocycles. The molecule has 3 aliphatic heterocycles. The van der Waals surface area contributed by atoms with Gasteiger partial charge in [0.05, 0.1) is 35.8 Å². The fourth-order valence-electron chi connectivity index (χ4n) is 8.41. The van der Waals surface area contributed by atoms with Gasteiger partial charge in [-0.3, -0.25) is 19.2 Å². The predicted molar refractivity (Wildman–Crippen MR) is 199 cm³/mol. The molecule has 4 heterocycles. The van der Waals surface area contributed by atoms with E-state index in [0.29, 0.717) is 73.8 Å². The number of nitrogens with zero attached hydrogens (tertiary/aromatic N) is 5. The van der Waals surface area contributed by atoms with Gasteiger partial charge in [-0.25, -0.2) is 0 Å². The number of ether oxygens (including phenoxy) is 2. The van der Waals surface area contributed by atoms with E-state index < -0.39 is 37.6 Å². The van der Waals surface area contributed by atoms with Crippen LogP contribution in [0.3, 0.4) is 0 Å². The van der Waals surface area contributed by atoms with Crippen LogP contribution in [0.25, 0.3) is 0 Å². The minimum absolute atomic E-state index is 0.0381. The van der Waals surface area contributed by atoms with Gasteiger partial charge in [0.1, 0.15) is 5.75 Å². The van der Waals surface area contributed by atoms with Gasteiger partial charge in [-0.05, 0) is 94.2 Å². The van der Waals surface area contributed by atoms with Crippen molar-refractivity contribution in [1.29, 1.82) is 0 Å². The molecule has 3 N–H and O–H groups in total. The third kappa shape index (κ3) is 6.94. The van der Waals surface area contributed by atoms with Gasteiger partial charge >= 0.3 is 0 Å². The summed E-state index contributed by atoms with van der Waals surface area (Å²) in [4.78, 5) is 32.4. The number of aliphatic hydroxyl groups excluding tert-OH is 2. The maximum Gasteiger partial charge on any atom is 0.264 e. The second-order valence-electron chi connectivity index (χ2n) is 14.5. The Bertz CT molecular complexity index is 1780. The lowest BCUT2D eigenvalue weighted by atomic mass is 9.82. The van der Waals surface area contributed by atoms with Crippen molar-refractivity contribution in [3.8, 4) is 5.75 Å². The van der Waals surface area contributed by atoms with Gasteiger partial charge in [-0.15, -0.1) is 11.7 Å². The van der Waals surface area contributed by atoms with Crippen molar-refractivity contribution < 1.29 is 33.4 Å². The number of benzene rings is 2. The van der Waals surface area contributed by atoms with Crippen LogP contribution in [-0.4, -0.2) is 90.5 Å². The molecule has 12 nitrogen and oxygen atoms in total. The van der Waals surface area contributed by atoms with Crippen LogP contribution in [-0.2, 0) is 39.3 Å². The monoisotopic (exact) mass is 734 g/mol. The third-order valence-electron chi connectivity index (χ3n) is 10.6. The molecule has 2 amide bonds. The number of fused-ring (bicyclic) bond motifs is 3. The van der Waals surface area contributed by atoms with E-state index in [4.69, 9.17) is 9.47 Å². The van der Waals surface area contributed by atoms with Gasteiger partial charge in [0, 0.05) is 61.6 Å². The third-order valence-corrected chi connectivity index (χ3v) is 13.1. The number of rotatable bonds is 16. The molecule has 3 aromatic rings. The molecule has 1 unspecified atom stereocenters. The Morgan fingerprint density at radius 2 is 1.94 bits per heavy atom. The van der Waals surface area contributed by atoms with Gasteiger partial charge in [0.15, 0.2) is 5.60 Å². The van der Waals surface area contributed by atoms with Crippen LogP contribution in [0.5, 0.6) is 5.75 Å². The van der Waals surface area contributed by atoms with E-state index in [1.54, 1.807) is 39.8 Å². The highest BCUT2D eigenvalue weighted by molar-refractivity contribution is 6.72. The lowest BCUT2D eigenvalue weighted by Gasteiger charge is -2.36. The fourth-order valence-corrected chi connectivity index (χ4v) is 11.0. The quantitative estimate of drug-likeness (QED) is 0.0836. The number of hydrogen-bond donors (Lipinski definition) is 3. The van der Waals surface area contributed by atoms with E-state index in [1.807, 2.05) is 50.2 Å². The zero-order valence-corrected chi connectivity index (χ0v) is 31.6. The normalized spacial score (nSPS) is 24.1. The molecule has 14 heteroatoms. The van der Waals surface area contributed by atoms with Crippen molar-refractivity contribution in [2.75, 3.05) is 42.7 Å². The molecular weight excluding hydrogens is 684 g/mol. The predicted octanol–water partition coefficient (Wildman–Crippen LogP) is 4.56. The smallest absolute Gasteiger partial charge is 0.264 e. The topological polar surface area (TPSA) is 142 Å². The van der Waals surface area contributed by atoms with Gasteiger partial charge in [-0.1, -0.05) is 18.2 Å². The second kappa shape index (κ2) is 15.6. The molecule has 6 rings (SSSR count). The summed E-state index contributed by atoms with van der Waals surface area (Å²) in [6.45, 7) is 12.9. The van der Waals surface area contributed by atoms with Crippen LogP contribution in [0.15, 0.2) is 55.3 Å². The highest BCUT2D eigenvalue weighted by Crippen LogP contribution is 2.60. The largest absolute Gasteiger partial charge is 0.494 e. The molecule has 1 fully saturated rings. The minimum atomic E-state index is -3.42. The number of anilines is 3. The molecule has 0 saturated carbocycles. The Balaban J connectivity index is 1.41. The number of aliphatic hydroxyl groups is 2. The van der Waals surface area contributed by atoms with Crippen LogP contribution in [0.1, 0.15) is 49.9 Å².